The molecule has 2 aromatic rings. The van der Waals surface area contributed by atoms with E-state index >= 15 is 0 Å². The van der Waals surface area contributed by atoms with E-state index in [2.05, 4.69) is 21.7 Å². The highest BCUT2D eigenvalue weighted by atomic mass is 19.3. The van der Waals surface area contributed by atoms with Crippen molar-refractivity contribution in [1.82, 2.24) is 15.2 Å². The van der Waals surface area contributed by atoms with Gasteiger partial charge < -0.3 is 20.1 Å². The van der Waals surface area contributed by atoms with Gasteiger partial charge in [0.15, 0.2) is 0 Å². The second-order valence-electron chi connectivity index (χ2n) is 9.06. The van der Waals surface area contributed by atoms with Crippen molar-refractivity contribution in [2.75, 3.05) is 38.6 Å². The van der Waals surface area contributed by atoms with Gasteiger partial charge in [-0.15, -0.1) is 0 Å². The van der Waals surface area contributed by atoms with Crippen molar-refractivity contribution in [3.8, 4) is 0 Å². The molecule has 1 aliphatic heterocycles. The zero-order valence-corrected chi connectivity index (χ0v) is 21.3. The second kappa shape index (κ2) is 15.1. The van der Waals surface area contributed by atoms with Crippen molar-refractivity contribution in [3.05, 3.63) is 59.3 Å². The van der Waals surface area contributed by atoms with Crippen molar-refractivity contribution >= 4 is 17.9 Å². The Balaban J connectivity index is 1.45. The summed E-state index contributed by atoms with van der Waals surface area (Å²) in [5, 5.41) is 5.82. The molecule has 2 heterocycles. The van der Waals surface area contributed by atoms with Crippen LogP contribution in [0.2, 0.25) is 0 Å². The lowest BCUT2D eigenvalue weighted by atomic mass is 10.1. The van der Waals surface area contributed by atoms with Gasteiger partial charge in [-0.05, 0) is 62.3 Å². The molecule has 0 radical (unpaired) electrons. The van der Waals surface area contributed by atoms with E-state index in [-0.39, 0.29) is 19.6 Å². The number of unbranched alkanes of at least 4 members (excludes halogenated alkanes) is 1. The van der Waals surface area contributed by atoms with Crippen LogP contribution in [0.1, 0.15) is 42.5 Å². The van der Waals surface area contributed by atoms with Crippen molar-refractivity contribution in [1.29, 1.82) is 0 Å². The lowest BCUT2D eigenvalue weighted by Crippen LogP contribution is -2.44. The Bertz CT molecular complexity index is 994. The number of aryl methyl sites for hydroxylation is 2. The van der Waals surface area contributed by atoms with Gasteiger partial charge in [0, 0.05) is 18.8 Å². The Hall–Kier alpha value is -3.27. The second-order valence-corrected chi connectivity index (χ2v) is 9.06. The van der Waals surface area contributed by atoms with E-state index in [9.17, 15) is 18.4 Å². The van der Waals surface area contributed by atoms with E-state index in [0.717, 1.165) is 49.3 Å². The number of methoxy groups -OCH3 is 1. The predicted octanol–water partition coefficient (Wildman–Crippen LogP) is 4.19. The minimum Gasteiger partial charge on any atom is -0.467 e. The Morgan fingerprint density at radius 1 is 1.14 bits per heavy atom. The molecule has 0 saturated carbocycles. The first kappa shape index (κ1) is 28.3. The minimum atomic E-state index is -2.51. The van der Waals surface area contributed by atoms with Gasteiger partial charge in [0.2, 0.25) is 0 Å². The van der Waals surface area contributed by atoms with Gasteiger partial charge in [-0.3, -0.25) is 4.90 Å². The molecule has 1 aromatic carbocycles. The summed E-state index contributed by atoms with van der Waals surface area (Å²) in [6, 6.07) is 12.3. The number of rotatable bonds is 14. The normalized spacial score (nSPS) is 13.5. The number of esters is 1. The number of pyridine rings is 1. The standard InChI is InChI=1S/C27H36F2N4O4/c1-36-26(34)23(32-27(35)37-19-20-8-3-2-4-9-20)14-17-33(18-24(28)29)16-6-5-11-22-13-12-21-10-7-15-30-25(21)31-22/h2-4,8-9,12-13,23-24H,5-7,10-11,14-19H2,1H3,(H,30,31)(H,32,35)/t23-/m0/s1. The summed E-state index contributed by atoms with van der Waals surface area (Å²) in [6.45, 7) is 1.21. The number of alkyl carbamates (subject to hydrolysis) is 1. The number of fused-ring (bicyclic) bond motifs is 1. The molecule has 1 aromatic heterocycles. The fraction of sp³-hybridized carbons (Fsp3) is 0.519. The molecule has 0 aliphatic carbocycles. The van der Waals surface area contributed by atoms with Crippen LogP contribution in [-0.2, 0) is 33.7 Å². The van der Waals surface area contributed by atoms with Crippen LogP contribution >= 0.6 is 0 Å². The van der Waals surface area contributed by atoms with E-state index < -0.39 is 31.1 Å². The van der Waals surface area contributed by atoms with Crippen LogP contribution in [0.4, 0.5) is 19.4 Å². The number of carbonyl (C=O) groups excluding carboxylic acids is 2. The largest absolute Gasteiger partial charge is 0.467 e. The summed E-state index contributed by atoms with van der Waals surface area (Å²) in [6.07, 6.45) is 1.25. The topological polar surface area (TPSA) is 92.8 Å². The summed E-state index contributed by atoms with van der Waals surface area (Å²) in [4.78, 5) is 30.7. The molecule has 0 spiro atoms. The van der Waals surface area contributed by atoms with Crippen LogP contribution in [0.5, 0.6) is 0 Å². The number of alkyl halides is 2. The summed E-state index contributed by atoms with van der Waals surface area (Å²) in [7, 11) is 1.22. The predicted molar refractivity (Wildman–Crippen MR) is 137 cm³/mol. The van der Waals surface area contributed by atoms with Crippen LogP contribution < -0.4 is 10.6 Å². The molecule has 1 amide bonds. The Morgan fingerprint density at radius 3 is 2.70 bits per heavy atom. The number of nitrogens with one attached hydrogen (secondary N) is 2. The summed E-state index contributed by atoms with van der Waals surface area (Å²) in [5.74, 6) is 0.299. The molecule has 10 heteroatoms. The van der Waals surface area contributed by atoms with E-state index in [0.29, 0.717) is 13.0 Å². The van der Waals surface area contributed by atoms with Crippen LogP contribution in [0, 0.1) is 0 Å². The molecular weight excluding hydrogens is 482 g/mol. The number of hydrogen-bond acceptors (Lipinski definition) is 7. The maximum Gasteiger partial charge on any atom is 0.408 e. The number of nitrogens with zero attached hydrogens (tertiary/aromatic N) is 2. The maximum atomic E-state index is 13.2. The first-order chi connectivity index (χ1) is 17.9. The Kier molecular flexibility index (Phi) is 11.5. The van der Waals surface area contributed by atoms with Gasteiger partial charge in [-0.25, -0.2) is 23.4 Å². The van der Waals surface area contributed by atoms with Crippen molar-refractivity contribution < 1.29 is 27.8 Å². The molecule has 0 saturated heterocycles. The zero-order valence-electron chi connectivity index (χ0n) is 21.3. The number of aromatic nitrogens is 1. The molecule has 0 fully saturated rings. The molecule has 0 unspecified atom stereocenters. The molecule has 2 N–H and O–H groups in total. The number of carbonyl (C=O) groups is 2. The molecular formula is C27H36F2N4O4. The van der Waals surface area contributed by atoms with Crippen molar-refractivity contribution in [3.63, 3.8) is 0 Å². The third kappa shape index (κ3) is 9.95. The first-order valence-corrected chi connectivity index (χ1v) is 12.7. The zero-order chi connectivity index (χ0) is 26.5. The lowest BCUT2D eigenvalue weighted by molar-refractivity contribution is -0.143. The molecule has 1 atom stereocenters. The molecule has 0 bridgehead atoms. The molecule has 3 rings (SSSR count). The highest BCUT2D eigenvalue weighted by molar-refractivity contribution is 5.81. The first-order valence-electron chi connectivity index (χ1n) is 12.7. The lowest BCUT2D eigenvalue weighted by Gasteiger charge is -2.24. The van der Waals surface area contributed by atoms with Gasteiger partial charge in [0.25, 0.3) is 6.43 Å². The smallest absolute Gasteiger partial charge is 0.408 e. The van der Waals surface area contributed by atoms with Crippen molar-refractivity contribution in [2.45, 2.75) is 57.6 Å². The fourth-order valence-corrected chi connectivity index (χ4v) is 4.25. The third-order valence-corrected chi connectivity index (χ3v) is 6.23. The molecule has 8 nitrogen and oxygen atoms in total. The van der Waals surface area contributed by atoms with Gasteiger partial charge in [-0.2, -0.15) is 0 Å². The number of amides is 1. The van der Waals surface area contributed by atoms with E-state index in [1.165, 1.54) is 12.7 Å². The van der Waals surface area contributed by atoms with Gasteiger partial charge in [-0.1, -0.05) is 36.4 Å². The monoisotopic (exact) mass is 518 g/mol. The van der Waals surface area contributed by atoms with E-state index in [1.54, 1.807) is 4.90 Å². The number of anilines is 1. The average Bonchev–Trinajstić information content (AvgIpc) is 2.91. The third-order valence-electron chi connectivity index (χ3n) is 6.23. The minimum absolute atomic E-state index is 0.0488. The maximum absolute atomic E-state index is 13.2. The molecule has 202 valence electrons. The highest BCUT2D eigenvalue weighted by Crippen LogP contribution is 2.20. The van der Waals surface area contributed by atoms with Crippen LogP contribution in [0.25, 0.3) is 0 Å². The van der Waals surface area contributed by atoms with Crippen LogP contribution in [0.3, 0.4) is 0 Å². The molecule has 1 aliphatic rings. The van der Waals surface area contributed by atoms with Gasteiger partial charge >= 0.3 is 12.1 Å². The summed E-state index contributed by atoms with van der Waals surface area (Å²) >= 11 is 0. The quantitative estimate of drug-likeness (QED) is 0.286. The van der Waals surface area contributed by atoms with E-state index in [4.69, 9.17) is 9.47 Å². The van der Waals surface area contributed by atoms with E-state index in [1.807, 2.05) is 36.4 Å². The SMILES string of the molecule is COC(=O)[C@H](CCN(CCCCc1ccc2c(n1)NCCC2)CC(F)F)NC(=O)OCc1ccccc1. The number of ether oxygens (including phenoxy) is 2. The number of benzene rings is 1. The number of halogens is 2. The summed E-state index contributed by atoms with van der Waals surface area (Å²) < 4.78 is 36.4. The van der Waals surface area contributed by atoms with Gasteiger partial charge in [0.05, 0.1) is 13.7 Å². The van der Waals surface area contributed by atoms with Crippen molar-refractivity contribution in [2.24, 2.45) is 0 Å². The van der Waals surface area contributed by atoms with Crippen LogP contribution in [0.15, 0.2) is 42.5 Å². The van der Waals surface area contributed by atoms with Gasteiger partial charge in [0.1, 0.15) is 18.5 Å². The Labute approximate surface area is 216 Å². The van der Waals surface area contributed by atoms with Crippen LogP contribution in [-0.4, -0.2) is 67.7 Å². The average molecular weight is 519 g/mol. The Morgan fingerprint density at radius 2 is 1.95 bits per heavy atom. The number of hydrogen-bond donors (Lipinski definition) is 2. The highest BCUT2D eigenvalue weighted by Gasteiger charge is 2.24. The molecule has 37 heavy (non-hydrogen) atoms. The fourth-order valence-electron chi connectivity index (χ4n) is 4.25. The summed E-state index contributed by atoms with van der Waals surface area (Å²) in [5.41, 5.74) is 3.02.